The van der Waals surface area contributed by atoms with Crippen molar-refractivity contribution in [2.45, 2.75) is 58.1 Å². The number of hydrogen-bond donors (Lipinski definition) is 0. The van der Waals surface area contributed by atoms with Crippen LogP contribution in [0.4, 0.5) is 0 Å². The highest BCUT2D eigenvalue weighted by atomic mass is 16.5. The van der Waals surface area contributed by atoms with Crippen molar-refractivity contribution in [2.75, 3.05) is 32.9 Å². The van der Waals surface area contributed by atoms with E-state index in [4.69, 9.17) is 9.47 Å². The van der Waals surface area contributed by atoms with E-state index >= 15 is 0 Å². The summed E-state index contributed by atoms with van der Waals surface area (Å²) in [5.41, 5.74) is -0.0257. The third-order valence-electron chi connectivity index (χ3n) is 3.41. The van der Waals surface area contributed by atoms with Gasteiger partial charge in [0.05, 0.1) is 12.2 Å². The molecule has 0 spiro atoms. The Hall–Kier alpha value is -0.380. The van der Waals surface area contributed by atoms with Gasteiger partial charge in [-0.3, -0.25) is 4.90 Å². The lowest BCUT2D eigenvalue weighted by Gasteiger charge is -2.28. The fraction of sp³-hybridized carbons (Fsp3) is 0.875. The molecule has 0 aliphatic carbocycles. The Kier molecular flexibility index (Phi) is 7.66. The van der Waals surface area contributed by atoms with Gasteiger partial charge >= 0.3 is 0 Å². The molecule has 1 saturated heterocycles. The van der Waals surface area contributed by atoms with Crippen molar-refractivity contribution < 1.29 is 9.47 Å². The molecule has 3 nitrogen and oxygen atoms in total. The second-order valence-electron chi connectivity index (χ2n) is 6.30. The third-order valence-corrected chi connectivity index (χ3v) is 3.41. The Morgan fingerprint density at radius 3 is 2.79 bits per heavy atom. The van der Waals surface area contributed by atoms with Gasteiger partial charge in [-0.1, -0.05) is 6.08 Å². The summed E-state index contributed by atoms with van der Waals surface area (Å²) in [7, 11) is 0. The molecule has 112 valence electrons. The Bertz CT molecular complexity index is 248. The molecule has 0 amide bonds. The van der Waals surface area contributed by atoms with Gasteiger partial charge < -0.3 is 9.47 Å². The lowest BCUT2D eigenvalue weighted by Crippen LogP contribution is -2.37. The molecule has 3 heteroatoms. The zero-order chi connectivity index (χ0) is 14.1. The summed E-state index contributed by atoms with van der Waals surface area (Å²) in [4.78, 5) is 2.56. The lowest BCUT2D eigenvalue weighted by molar-refractivity contribution is -0.0290. The number of nitrogens with zero attached hydrogens (tertiary/aromatic N) is 1. The molecule has 19 heavy (non-hydrogen) atoms. The summed E-state index contributed by atoms with van der Waals surface area (Å²) in [6.07, 6.45) is 6.54. The molecule has 0 aromatic carbocycles. The van der Waals surface area contributed by atoms with Crippen molar-refractivity contribution >= 4 is 0 Å². The van der Waals surface area contributed by atoms with Crippen LogP contribution in [0.5, 0.6) is 0 Å². The van der Waals surface area contributed by atoms with Crippen LogP contribution in [0.25, 0.3) is 0 Å². The van der Waals surface area contributed by atoms with E-state index in [-0.39, 0.29) is 5.60 Å². The average Bonchev–Trinajstić information content (AvgIpc) is 2.78. The highest BCUT2D eigenvalue weighted by molar-refractivity contribution is 4.79. The highest BCUT2D eigenvalue weighted by Crippen LogP contribution is 2.19. The van der Waals surface area contributed by atoms with Crippen molar-refractivity contribution in [3.8, 4) is 0 Å². The van der Waals surface area contributed by atoms with E-state index in [1.54, 1.807) is 0 Å². The SMILES string of the molecule is C=CCCOCCCN1CCC[C@H]1COC(C)(C)C. The molecule has 1 heterocycles. The topological polar surface area (TPSA) is 21.7 Å². The maximum absolute atomic E-state index is 5.92. The van der Waals surface area contributed by atoms with Crippen molar-refractivity contribution in [2.24, 2.45) is 0 Å². The Labute approximate surface area is 119 Å². The molecule has 1 aliphatic heterocycles. The van der Waals surface area contributed by atoms with E-state index < -0.39 is 0 Å². The third kappa shape index (κ3) is 7.71. The Morgan fingerprint density at radius 2 is 2.11 bits per heavy atom. The maximum Gasteiger partial charge on any atom is 0.0628 e. The minimum absolute atomic E-state index is 0.0257. The first-order valence-electron chi connectivity index (χ1n) is 7.59. The van der Waals surface area contributed by atoms with Crippen LogP contribution in [0.3, 0.4) is 0 Å². The summed E-state index contributed by atoms with van der Waals surface area (Å²) >= 11 is 0. The van der Waals surface area contributed by atoms with Crippen LogP contribution in [-0.4, -0.2) is 49.5 Å². The molecule has 1 aliphatic rings. The molecule has 0 aromatic rings. The molecule has 1 fully saturated rings. The first kappa shape index (κ1) is 16.7. The molecule has 0 bridgehead atoms. The molecule has 1 rings (SSSR count). The maximum atomic E-state index is 5.92. The first-order chi connectivity index (χ1) is 9.03. The van der Waals surface area contributed by atoms with E-state index in [0.717, 1.165) is 39.2 Å². The fourth-order valence-corrected chi connectivity index (χ4v) is 2.36. The van der Waals surface area contributed by atoms with E-state index in [0.29, 0.717) is 6.04 Å². The quantitative estimate of drug-likeness (QED) is 0.474. The monoisotopic (exact) mass is 269 g/mol. The van der Waals surface area contributed by atoms with Gasteiger partial charge in [0, 0.05) is 25.8 Å². The number of hydrogen-bond acceptors (Lipinski definition) is 3. The molecule has 0 radical (unpaired) electrons. The second kappa shape index (κ2) is 8.72. The molecule has 0 unspecified atom stereocenters. The zero-order valence-corrected chi connectivity index (χ0v) is 13.0. The van der Waals surface area contributed by atoms with Crippen LogP contribution in [0, 0.1) is 0 Å². The Morgan fingerprint density at radius 1 is 1.32 bits per heavy atom. The van der Waals surface area contributed by atoms with Crippen LogP contribution >= 0.6 is 0 Å². The average molecular weight is 269 g/mol. The predicted octanol–water partition coefficient (Wildman–Crippen LogP) is 3.25. The van der Waals surface area contributed by atoms with Crippen molar-refractivity contribution in [3.05, 3.63) is 12.7 Å². The standard InChI is InChI=1S/C16H31NO2/c1-5-6-12-18-13-8-11-17-10-7-9-15(17)14-19-16(2,3)4/h5,15H,1,6-14H2,2-4H3/t15-/m0/s1. The smallest absolute Gasteiger partial charge is 0.0628 e. The molecule has 0 saturated carbocycles. The summed E-state index contributed by atoms with van der Waals surface area (Å²) in [6.45, 7) is 14.9. The van der Waals surface area contributed by atoms with E-state index in [2.05, 4.69) is 32.3 Å². The van der Waals surface area contributed by atoms with E-state index in [1.165, 1.54) is 19.4 Å². The highest BCUT2D eigenvalue weighted by Gasteiger charge is 2.25. The van der Waals surface area contributed by atoms with Crippen LogP contribution in [0.15, 0.2) is 12.7 Å². The summed E-state index contributed by atoms with van der Waals surface area (Å²) in [6, 6.07) is 0.604. The first-order valence-corrected chi connectivity index (χ1v) is 7.59. The minimum atomic E-state index is -0.0257. The van der Waals surface area contributed by atoms with Crippen LogP contribution in [0.2, 0.25) is 0 Å². The molecule has 0 N–H and O–H groups in total. The van der Waals surface area contributed by atoms with Gasteiger partial charge in [-0.25, -0.2) is 0 Å². The van der Waals surface area contributed by atoms with Crippen molar-refractivity contribution in [1.82, 2.24) is 4.90 Å². The van der Waals surface area contributed by atoms with Crippen LogP contribution < -0.4 is 0 Å². The fourth-order valence-electron chi connectivity index (χ4n) is 2.36. The van der Waals surface area contributed by atoms with Crippen molar-refractivity contribution in [1.29, 1.82) is 0 Å². The normalized spacial score (nSPS) is 20.9. The van der Waals surface area contributed by atoms with Gasteiger partial charge in [-0.05, 0) is 53.0 Å². The number of likely N-dealkylation sites (tertiary alicyclic amines) is 1. The zero-order valence-electron chi connectivity index (χ0n) is 13.0. The largest absolute Gasteiger partial charge is 0.381 e. The van der Waals surface area contributed by atoms with Crippen molar-refractivity contribution in [3.63, 3.8) is 0 Å². The Balaban J connectivity index is 2.12. The summed E-state index contributed by atoms with van der Waals surface area (Å²) in [5, 5.41) is 0. The van der Waals surface area contributed by atoms with E-state index in [9.17, 15) is 0 Å². The van der Waals surface area contributed by atoms with Gasteiger partial charge in [0.2, 0.25) is 0 Å². The molecular formula is C16H31NO2. The van der Waals surface area contributed by atoms with Gasteiger partial charge in [0.1, 0.15) is 0 Å². The lowest BCUT2D eigenvalue weighted by atomic mass is 10.2. The van der Waals surface area contributed by atoms with E-state index in [1.807, 2.05) is 6.08 Å². The molecule has 0 aromatic heterocycles. The molecule has 1 atom stereocenters. The summed E-state index contributed by atoms with van der Waals surface area (Å²) < 4.78 is 11.5. The van der Waals surface area contributed by atoms with Gasteiger partial charge in [-0.15, -0.1) is 6.58 Å². The van der Waals surface area contributed by atoms with Gasteiger partial charge in [-0.2, -0.15) is 0 Å². The second-order valence-corrected chi connectivity index (χ2v) is 6.30. The molecular weight excluding hydrogens is 238 g/mol. The van der Waals surface area contributed by atoms with Crippen LogP contribution in [0.1, 0.15) is 46.5 Å². The number of rotatable bonds is 9. The minimum Gasteiger partial charge on any atom is -0.381 e. The van der Waals surface area contributed by atoms with Gasteiger partial charge in [0.25, 0.3) is 0 Å². The van der Waals surface area contributed by atoms with Gasteiger partial charge in [0.15, 0.2) is 0 Å². The van der Waals surface area contributed by atoms with Crippen LogP contribution in [-0.2, 0) is 9.47 Å². The predicted molar refractivity (Wildman–Crippen MR) is 80.6 cm³/mol. The number of ether oxygens (including phenoxy) is 2. The summed E-state index contributed by atoms with van der Waals surface area (Å²) in [5.74, 6) is 0.